The van der Waals surface area contributed by atoms with E-state index in [1.54, 1.807) is 30.5 Å². The number of hydrogen-bond acceptors (Lipinski definition) is 2. The summed E-state index contributed by atoms with van der Waals surface area (Å²) in [5, 5.41) is 5.44. The molecule has 0 aliphatic rings. The van der Waals surface area contributed by atoms with Gasteiger partial charge in [0.05, 0.1) is 17.6 Å². The molecular weight excluding hydrogens is 489 g/mol. The van der Waals surface area contributed by atoms with Crippen molar-refractivity contribution in [3.8, 4) is 28.2 Å². The van der Waals surface area contributed by atoms with E-state index in [2.05, 4.69) is 45.4 Å². The summed E-state index contributed by atoms with van der Waals surface area (Å²) in [5.74, 6) is -0.338. The Kier molecular flexibility index (Phi) is 6.99. The molecule has 0 aliphatic heterocycles. The average Bonchev–Trinajstić information content (AvgIpc) is 3.29. The molecule has 1 N–H and O–H groups in total. The van der Waals surface area contributed by atoms with Crippen LogP contribution in [-0.4, -0.2) is 16.7 Å². The minimum Gasteiger partial charge on any atom is -0.309 e. The number of aromatic nitrogens is 1. The first kappa shape index (κ1) is 23.6. The highest BCUT2D eigenvalue weighted by molar-refractivity contribution is 6.31. The van der Waals surface area contributed by atoms with Crippen LogP contribution in [0.4, 0.5) is 0 Å². The maximum atomic E-state index is 12.6. The summed E-state index contributed by atoms with van der Waals surface area (Å²) in [6, 6.07) is 36.8. The number of hydrazone groups is 1. The fourth-order valence-electron chi connectivity index (χ4n) is 4.05. The van der Waals surface area contributed by atoms with E-state index in [0.717, 1.165) is 33.8 Å². The fourth-order valence-corrected chi connectivity index (χ4v) is 4.37. The van der Waals surface area contributed by atoms with Crippen molar-refractivity contribution in [1.82, 2.24) is 9.99 Å². The van der Waals surface area contributed by atoms with E-state index in [1.807, 2.05) is 60.7 Å². The maximum Gasteiger partial charge on any atom is 0.271 e. The van der Waals surface area contributed by atoms with E-state index < -0.39 is 0 Å². The van der Waals surface area contributed by atoms with E-state index in [-0.39, 0.29) is 5.91 Å². The van der Waals surface area contributed by atoms with Crippen LogP contribution in [-0.2, 0) is 0 Å². The van der Waals surface area contributed by atoms with Gasteiger partial charge in [-0.15, -0.1) is 0 Å². The van der Waals surface area contributed by atoms with Gasteiger partial charge < -0.3 is 4.57 Å². The maximum absolute atomic E-state index is 12.6. The molecule has 0 saturated carbocycles. The number of carbonyl (C=O) groups excluding carboxylic acids is 1. The van der Waals surface area contributed by atoms with Gasteiger partial charge in [0.15, 0.2) is 0 Å². The highest BCUT2D eigenvalue weighted by atomic mass is 35.5. The number of carbonyl (C=O) groups is 1. The standard InChI is InChI=1S/C30H21Cl2N3O/c31-25-14-16-27(17-15-25)35-28(21-8-3-1-4-9-21)19-24(29(35)22-10-5-2-6-11-22)20-33-34-30(36)23-12-7-13-26(32)18-23/h1-20H,(H,34,36)/b33-20-. The van der Waals surface area contributed by atoms with Crippen molar-refractivity contribution in [2.75, 3.05) is 0 Å². The first-order chi connectivity index (χ1) is 17.6. The molecule has 4 nitrogen and oxygen atoms in total. The largest absolute Gasteiger partial charge is 0.309 e. The zero-order valence-corrected chi connectivity index (χ0v) is 20.6. The summed E-state index contributed by atoms with van der Waals surface area (Å²) >= 11 is 12.2. The molecule has 36 heavy (non-hydrogen) atoms. The van der Waals surface area contributed by atoms with Crippen LogP contribution in [0.1, 0.15) is 15.9 Å². The van der Waals surface area contributed by atoms with Crippen LogP contribution in [0.2, 0.25) is 10.0 Å². The van der Waals surface area contributed by atoms with E-state index in [9.17, 15) is 4.79 Å². The third-order valence-electron chi connectivity index (χ3n) is 5.69. The lowest BCUT2D eigenvalue weighted by molar-refractivity contribution is 0.0955. The summed E-state index contributed by atoms with van der Waals surface area (Å²) in [4.78, 5) is 12.6. The van der Waals surface area contributed by atoms with Crippen LogP contribution in [0, 0.1) is 0 Å². The number of rotatable bonds is 6. The van der Waals surface area contributed by atoms with E-state index in [0.29, 0.717) is 15.6 Å². The molecule has 0 unspecified atom stereocenters. The number of nitrogens with zero attached hydrogens (tertiary/aromatic N) is 2. The first-order valence-electron chi connectivity index (χ1n) is 11.3. The van der Waals surface area contributed by atoms with E-state index in [1.165, 1.54) is 0 Å². The van der Waals surface area contributed by atoms with Gasteiger partial charge in [-0.25, -0.2) is 5.43 Å². The third-order valence-corrected chi connectivity index (χ3v) is 6.18. The number of halogens is 2. The summed E-state index contributed by atoms with van der Waals surface area (Å²) in [6.07, 6.45) is 1.67. The lowest BCUT2D eigenvalue weighted by Gasteiger charge is -2.15. The molecule has 5 aromatic rings. The number of amides is 1. The Balaban J connectivity index is 1.63. The van der Waals surface area contributed by atoms with Gasteiger partial charge in [-0.1, -0.05) is 89.9 Å². The van der Waals surface area contributed by atoms with Crippen molar-refractivity contribution < 1.29 is 4.79 Å². The van der Waals surface area contributed by atoms with E-state index >= 15 is 0 Å². The monoisotopic (exact) mass is 509 g/mol. The first-order valence-corrected chi connectivity index (χ1v) is 12.1. The van der Waals surface area contributed by atoms with Crippen LogP contribution < -0.4 is 5.43 Å². The summed E-state index contributed by atoms with van der Waals surface area (Å²) < 4.78 is 2.18. The van der Waals surface area contributed by atoms with Crippen molar-refractivity contribution >= 4 is 35.3 Å². The smallest absolute Gasteiger partial charge is 0.271 e. The van der Waals surface area contributed by atoms with Crippen molar-refractivity contribution in [1.29, 1.82) is 0 Å². The minimum atomic E-state index is -0.338. The molecule has 0 fully saturated rings. The van der Waals surface area contributed by atoms with Gasteiger partial charge in [0.2, 0.25) is 0 Å². The van der Waals surface area contributed by atoms with Crippen LogP contribution in [0.25, 0.3) is 28.2 Å². The zero-order chi connectivity index (χ0) is 24.9. The zero-order valence-electron chi connectivity index (χ0n) is 19.1. The van der Waals surface area contributed by atoms with Gasteiger partial charge in [0.25, 0.3) is 5.91 Å². The fraction of sp³-hybridized carbons (Fsp3) is 0. The second kappa shape index (κ2) is 10.6. The van der Waals surface area contributed by atoms with E-state index in [4.69, 9.17) is 23.2 Å². The Morgan fingerprint density at radius 3 is 2.06 bits per heavy atom. The molecular formula is C30H21Cl2N3O. The van der Waals surface area contributed by atoms with Gasteiger partial charge >= 0.3 is 0 Å². The van der Waals surface area contributed by atoms with Crippen molar-refractivity contribution in [2.24, 2.45) is 5.10 Å². The van der Waals surface area contributed by atoms with Crippen LogP contribution in [0.3, 0.4) is 0 Å². The Labute approximate surface area is 219 Å². The van der Waals surface area contributed by atoms with Crippen molar-refractivity contribution in [3.63, 3.8) is 0 Å². The molecule has 0 spiro atoms. The quantitative estimate of drug-likeness (QED) is 0.183. The SMILES string of the molecule is O=C(N/N=C\c1cc(-c2ccccc2)n(-c2ccc(Cl)cc2)c1-c1ccccc1)c1cccc(Cl)c1. The van der Waals surface area contributed by atoms with Crippen LogP contribution >= 0.6 is 23.2 Å². The summed E-state index contributed by atoms with van der Waals surface area (Å²) in [5.41, 5.74) is 8.84. The van der Waals surface area contributed by atoms with Gasteiger partial charge in [-0.3, -0.25) is 4.79 Å². The molecule has 0 saturated heterocycles. The number of hydrogen-bond donors (Lipinski definition) is 1. The Morgan fingerprint density at radius 1 is 0.722 bits per heavy atom. The molecule has 0 atom stereocenters. The van der Waals surface area contributed by atoms with Crippen LogP contribution in [0.15, 0.2) is 120 Å². The average molecular weight is 510 g/mol. The topological polar surface area (TPSA) is 46.4 Å². The Hall–Kier alpha value is -4.12. The lowest BCUT2D eigenvalue weighted by atomic mass is 10.1. The Bertz CT molecular complexity index is 1530. The third kappa shape index (κ3) is 5.10. The second-order valence-electron chi connectivity index (χ2n) is 8.09. The normalized spacial score (nSPS) is 11.1. The molecule has 6 heteroatoms. The molecule has 176 valence electrons. The van der Waals surface area contributed by atoms with Crippen molar-refractivity contribution in [3.05, 3.63) is 136 Å². The molecule has 0 radical (unpaired) electrons. The van der Waals surface area contributed by atoms with Crippen LogP contribution in [0.5, 0.6) is 0 Å². The molecule has 1 heterocycles. The molecule has 1 aromatic heterocycles. The Morgan fingerprint density at radius 2 is 1.39 bits per heavy atom. The van der Waals surface area contributed by atoms with Crippen molar-refractivity contribution in [2.45, 2.75) is 0 Å². The lowest BCUT2D eigenvalue weighted by Crippen LogP contribution is -2.17. The summed E-state index contributed by atoms with van der Waals surface area (Å²) in [6.45, 7) is 0. The van der Waals surface area contributed by atoms with Gasteiger partial charge in [-0.05, 0) is 59.7 Å². The predicted octanol–water partition coefficient (Wildman–Crippen LogP) is 7.88. The minimum absolute atomic E-state index is 0.338. The molecule has 4 aromatic carbocycles. The number of nitrogens with one attached hydrogen (secondary N) is 1. The van der Waals surface area contributed by atoms with Gasteiger partial charge in [-0.2, -0.15) is 5.10 Å². The highest BCUT2D eigenvalue weighted by Crippen LogP contribution is 2.35. The molecule has 0 bridgehead atoms. The number of benzene rings is 4. The highest BCUT2D eigenvalue weighted by Gasteiger charge is 2.18. The predicted molar refractivity (Wildman–Crippen MR) is 148 cm³/mol. The van der Waals surface area contributed by atoms with Gasteiger partial charge in [0.1, 0.15) is 0 Å². The van der Waals surface area contributed by atoms with Gasteiger partial charge in [0, 0.05) is 26.9 Å². The molecule has 0 aliphatic carbocycles. The molecule has 1 amide bonds. The summed E-state index contributed by atoms with van der Waals surface area (Å²) in [7, 11) is 0. The second-order valence-corrected chi connectivity index (χ2v) is 8.96. The molecule has 5 rings (SSSR count).